The zero-order valence-corrected chi connectivity index (χ0v) is 15.9. The van der Waals surface area contributed by atoms with Crippen molar-refractivity contribution in [2.45, 2.75) is 13.5 Å². The quantitative estimate of drug-likeness (QED) is 0.355. The summed E-state index contributed by atoms with van der Waals surface area (Å²) in [6, 6.07) is 9.90. The molecule has 2 aromatic carbocycles. The van der Waals surface area contributed by atoms with E-state index < -0.39 is 16.6 Å². The maximum atomic E-state index is 11.9. The van der Waals surface area contributed by atoms with Gasteiger partial charge >= 0.3 is 11.7 Å². The van der Waals surface area contributed by atoms with E-state index in [1.54, 1.807) is 19.1 Å². The van der Waals surface area contributed by atoms with E-state index in [1.807, 2.05) is 0 Å². The number of fused-ring (bicyclic) bond motifs is 1. The first-order chi connectivity index (χ1) is 13.9. The van der Waals surface area contributed by atoms with E-state index in [1.165, 1.54) is 30.3 Å². The predicted octanol–water partition coefficient (Wildman–Crippen LogP) is 4.50. The van der Waals surface area contributed by atoms with Gasteiger partial charge in [-0.1, -0.05) is 11.6 Å². The van der Waals surface area contributed by atoms with Crippen LogP contribution in [0.1, 0.15) is 12.5 Å². The van der Waals surface area contributed by atoms with Crippen molar-refractivity contribution in [1.29, 1.82) is 0 Å². The molecule has 0 radical (unpaired) electrons. The molecule has 10 heteroatoms. The number of non-ortho nitro benzene ring substituents is 1. The molecule has 1 N–H and O–H groups in total. The summed E-state index contributed by atoms with van der Waals surface area (Å²) in [7, 11) is 0. The number of nitrogens with one attached hydrogen (secondary N) is 1. The van der Waals surface area contributed by atoms with Gasteiger partial charge in [0.1, 0.15) is 17.9 Å². The third kappa shape index (κ3) is 4.82. The van der Waals surface area contributed by atoms with Crippen molar-refractivity contribution < 1.29 is 23.6 Å². The topological polar surface area (TPSA) is 121 Å². The van der Waals surface area contributed by atoms with E-state index in [9.17, 15) is 19.7 Å². The minimum Gasteiger partial charge on any atom is -0.487 e. The summed E-state index contributed by atoms with van der Waals surface area (Å²) in [6.45, 7) is 1.88. The van der Waals surface area contributed by atoms with Gasteiger partial charge in [-0.2, -0.15) is 0 Å². The summed E-state index contributed by atoms with van der Waals surface area (Å²) >= 11 is 6.02. The summed E-state index contributed by atoms with van der Waals surface area (Å²) < 4.78 is 15.6. The molecule has 9 nitrogen and oxygen atoms in total. The fourth-order valence-electron chi connectivity index (χ4n) is 2.59. The van der Waals surface area contributed by atoms with Crippen molar-refractivity contribution in [1.82, 2.24) is 0 Å². The molecule has 0 atom stereocenters. The summed E-state index contributed by atoms with van der Waals surface area (Å²) in [6.07, 6.45) is -0.624. The SMILES string of the molecule is CCOC(=O)Nc1ccc2c(COc3ccc([N+](=O)[O-])cc3Cl)cc(=O)oc2c1. The number of nitrogens with zero attached hydrogens (tertiary/aromatic N) is 1. The van der Waals surface area contributed by atoms with Crippen LogP contribution in [0.15, 0.2) is 51.7 Å². The van der Waals surface area contributed by atoms with Crippen molar-refractivity contribution in [2.75, 3.05) is 11.9 Å². The van der Waals surface area contributed by atoms with Gasteiger partial charge in [0.25, 0.3) is 5.69 Å². The summed E-state index contributed by atoms with van der Waals surface area (Å²) in [4.78, 5) is 33.7. The Hall–Kier alpha value is -3.59. The van der Waals surface area contributed by atoms with Crippen LogP contribution in [0.3, 0.4) is 0 Å². The van der Waals surface area contributed by atoms with E-state index >= 15 is 0 Å². The number of amides is 1. The molecular formula is C19H15ClN2O7. The number of ether oxygens (including phenoxy) is 2. The lowest BCUT2D eigenvalue weighted by Crippen LogP contribution is -2.13. The van der Waals surface area contributed by atoms with E-state index in [4.69, 9.17) is 25.5 Å². The Morgan fingerprint density at radius 2 is 2.03 bits per heavy atom. The zero-order valence-electron chi connectivity index (χ0n) is 15.1. The Morgan fingerprint density at radius 1 is 1.24 bits per heavy atom. The maximum Gasteiger partial charge on any atom is 0.411 e. The zero-order chi connectivity index (χ0) is 21.0. The summed E-state index contributed by atoms with van der Waals surface area (Å²) in [5.41, 5.74) is 0.415. The smallest absolute Gasteiger partial charge is 0.411 e. The molecule has 1 amide bonds. The second-order valence-corrected chi connectivity index (χ2v) is 6.21. The van der Waals surface area contributed by atoms with Gasteiger partial charge in [-0.15, -0.1) is 0 Å². The highest BCUT2D eigenvalue weighted by Crippen LogP contribution is 2.30. The lowest BCUT2D eigenvalue weighted by atomic mass is 10.1. The van der Waals surface area contributed by atoms with E-state index in [2.05, 4.69) is 5.32 Å². The molecule has 1 heterocycles. The number of nitro benzene ring substituents is 1. The molecule has 1 aromatic heterocycles. The molecule has 0 aliphatic carbocycles. The first kappa shape index (κ1) is 20.2. The third-order valence-electron chi connectivity index (χ3n) is 3.86. The van der Waals surface area contributed by atoms with Crippen molar-refractivity contribution in [3.63, 3.8) is 0 Å². The van der Waals surface area contributed by atoms with Gasteiger partial charge in [-0.3, -0.25) is 15.4 Å². The Balaban J connectivity index is 1.85. The van der Waals surface area contributed by atoms with Gasteiger partial charge in [0.05, 0.1) is 16.6 Å². The highest BCUT2D eigenvalue weighted by molar-refractivity contribution is 6.32. The minimum absolute atomic E-state index is 0.0235. The van der Waals surface area contributed by atoms with Crippen molar-refractivity contribution >= 4 is 40.0 Å². The molecular weight excluding hydrogens is 404 g/mol. The van der Waals surface area contributed by atoms with Gasteiger partial charge in [0.2, 0.25) is 0 Å². The lowest BCUT2D eigenvalue weighted by Gasteiger charge is -2.11. The Kier molecular flexibility index (Phi) is 5.99. The fourth-order valence-corrected chi connectivity index (χ4v) is 2.82. The standard InChI is InChI=1S/C19H15ClN2O7/c1-2-27-19(24)21-12-3-5-14-11(7-18(23)29-17(14)8-12)10-28-16-6-4-13(22(25)26)9-15(16)20/h3-9H,2,10H2,1H3,(H,21,24). The predicted molar refractivity (Wildman–Crippen MR) is 106 cm³/mol. The Labute approximate surface area is 168 Å². The molecule has 0 spiro atoms. The van der Waals surface area contributed by atoms with Gasteiger partial charge in [0, 0.05) is 40.9 Å². The van der Waals surface area contributed by atoms with Gasteiger partial charge in [0.15, 0.2) is 0 Å². The van der Waals surface area contributed by atoms with Gasteiger partial charge < -0.3 is 13.9 Å². The molecule has 3 aromatic rings. The van der Waals surface area contributed by atoms with Crippen LogP contribution in [0.25, 0.3) is 11.0 Å². The average Bonchev–Trinajstić information content (AvgIpc) is 2.66. The number of nitro groups is 1. The van der Waals surface area contributed by atoms with E-state index in [-0.39, 0.29) is 35.3 Å². The molecule has 29 heavy (non-hydrogen) atoms. The molecule has 150 valence electrons. The highest BCUT2D eigenvalue weighted by Gasteiger charge is 2.13. The fraction of sp³-hybridized carbons (Fsp3) is 0.158. The van der Waals surface area contributed by atoms with Crippen molar-refractivity contribution in [3.05, 3.63) is 73.6 Å². The number of benzene rings is 2. The number of halogens is 1. The van der Waals surface area contributed by atoms with Crippen LogP contribution >= 0.6 is 11.6 Å². The van der Waals surface area contributed by atoms with Crippen LogP contribution < -0.4 is 15.7 Å². The molecule has 0 bridgehead atoms. The minimum atomic E-state index is -0.624. The first-order valence-electron chi connectivity index (χ1n) is 8.44. The molecule has 0 saturated carbocycles. The number of hydrogen-bond donors (Lipinski definition) is 1. The van der Waals surface area contributed by atoms with E-state index in [0.717, 1.165) is 0 Å². The summed E-state index contributed by atoms with van der Waals surface area (Å²) in [5, 5.41) is 14.0. The number of anilines is 1. The normalized spacial score (nSPS) is 10.6. The second kappa shape index (κ2) is 8.61. The lowest BCUT2D eigenvalue weighted by molar-refractivity contribution is -0.384. The van der Waals surface area contributed by atoms with Crippen LogP contribution in [0.5, 0.6) is 5.75 Å². The van der Waals surface area contributed by atoms with Crippen LogP contribution in [0.4, 0.5) is 16.2 Å². The van der Waals surface area contributed by atoms with Crippen LogP contribution in [0.2, 0.25) is 5.02 Å². The average molecular weight is 419 g/mol. The number of carbonyl (C=O) groups excluding carboxylic acids is 1. The maximum absolute atomic E-state index is 11.9. The van der Waals surface area contributed by atoms with Crippen LogP contribution in [-0.2, 0) is 11.3 Å². The number of carbonyl (C=O) groups is 1. The number of hydrogen-bond acceptors (Lipinski definition) is 7. The highest BCUT2D eigenvalue weighted by atomic mass is 35.5. The van der Waals surface area contributed by atoms with Crippen LogP contribution in [0, 0.1) is 10.1 Å². The van der Waals surface area contributed by atoms with Gasteiger partial charge in [-0.25, -0.2) is 9.59 Å². The monoisotopic (exact) mass is 418 g/mol. The number of rotatable bonds is 6. The first-order valence-corrected chi connectivity index (χ1v) is 8.82. The largest absolute Gasteiger partial charge is 0.487 e. The van der Waals surface area contributed by atoms with Crippen molar-refractivity contribution in [2.24, 2.45) is 0 Å². The van der Waals surface area contributed by atoms with E-state index in [0.29, 0.717) is 16.6 Å². The Bertz CT molecular complexity index is 1140. The molecule has 0 fully saturated rings. The third-order valence-corrected chi connectivity index (χ3v) is 4.16. The van der Waals surface area contributed by atoms with Crippen molar-refractivity contribution in [3.8, 4) is 5.75 Å². The molecule has 3 rings (SSSR count). The Morgan fingerprint density at radius 3 is 2.72 bits per heavy atom. The second-order valence-electron chi connectivity index (χ2n) is 5.81. The summed E-state index contributed by atoms with van der Waals surface area (Å²) in [5.74, 6) is 0.235. The molecule has 0 saturated heterocycles. The molecule has 0 aliphatic heterocycles. The van der Waals surface area contributed by atoms with Gasteiger partial charge in [-0.05, 0) is 25.1 Å². The van der Waals surface area contributed by atoms with Crippen LogP contribution in [-0.4, -0.2) is 17.6 Å². The molecule has 0 unspecified atom stereocenters. The molecule has 0 aliphatic rings.